The maximum atomic E-state index is 16.1. The number of carbonyl (C=O) groups is 1. The summed E-state index contributed by atoms with van der Waals surface area (Å²) in [6.07, 6.45) is 8.48. The first kappa shape index (κ1) is 31.3. The molecule has 1 aromatic heterocycles. The minimum atomic E-state index is -1.46. The van der Waals surface area contributed by atoms with Crippen molar-refractivity contribution in [1.82, 2.24) is 9.88 Å². The van der Waals surface area contributed by atoms with E-state index in [1.165, 1.54) is 37.4 Å². The summed E-state index contributed by atoms with van der Waals surface area (Å²) in [5.41, 5.74) is -1.74. The molecule has 1 aromatic carbocycles. The second-order valence-corrected chi connectivity index (χ2v) is 11.1. The Morgan fingerprint density at radius 3 is 2.44 bits per heavy atom. The van der Waals surface area contributed by atoms with Crippen LogP contribution in [0.25, 0.3) is 10.9 Å². The van der Waals surface area contributed by atoms with Crippen LogP contribution in [0.3, 0.4) is 0 Å². The van der Waals surface area contributed by atoms with E-state index in [4.69, 9.17) is 14.2 Å². The Morgan fingerprint density at radius 2 is 1.78 bits per heavy atom. The Balaban J connectivity index is 1.46. The van der Waals surface area contributed by atoms with Crippen molar-refractivity contribution >= 4 is 22.6 Å². The van der Waals surface area contributed by atoms with Crippen LogP contribution in [-0.2, 0) is 20.8 Å². The van der Waals surface area contributed by atoms with Crippen molar-refractivity contribution in [3.8, 4) is 0 Å². The van der Waals surface area contributed by atoms with Crippen LogP contribution in [0.2, 0.25) is 0 Å². The van der Waals surface area contributed by atoms with Crippen LogP contribution in [-0.4, -0.2) is 75.0 Å². The van der Waals surface area contributed by atoms with Crippen LogP contribution in [0, 0.1) is 23.5 Å². The molecule has 4 rings (SSSR count). The Bertz CT molecular complexity index is 1230. The topological polar surface area (TPSA) is 102 Å². The van der Waals surface area contributed by atoms with Gasteiger partial charge in [-0.25, -0.2) is 13.6 Å². The number of ether oxygens (including phenoxy) is 3. The molecular formula is C30H43F2N3O6. The zero-order valence-corrected chi connectivity index (χ0v) is 24.1. The monoisotopic (exact) mass is 579 g/mol. The molecular weight excluding hydrogens is 536 g/mol. The molecule has 3 heterocycles. The van der Waals surface area contributed by atoms with Gasteiger partial charge in [0.05, 0.1) is 30.7 Å². The second kappa shape index (κ2) is 15.0. The van der Waals surface area contributed by atoms with Gasteiger partial charge in [-0.2, -0.15) is 0 Å². The van der Waals surface area contributed by atoms with Crippen molar-refractivity contribution in [1.29, 1.82) is 0 Å². The molecule has 11 heteroatoms. The Kier molecular flexibility index (Phi) is 11.5. The van der Waals surface area contributed by atoms with Gasteiger partial charge in [0.1, 0.15) is 17.1 Å². The third-order valence-corrected chi connectivity index (χ3v) is 8.46. The Labute approximate surface area is 239 Å². The van der Waals surface area contributed by atoms with E-state index in [0.29, 0.717) is 19.0 Å². The number of aromatic nitrogens is 1. The predicted molar refractivity (Wildman–Crippen MR) is 153 cm³/mol. The molecule has 2 N–H and O–H groups in total. The first-order valence-electron chi connectivity index (χ1n) is 14.8. The molecule has 9 nitrogen and oxygen atoms in total. The lowest BCUT2D eigenvalue weighted by molar-refractivity contribution is -0.121. The van der Waals surface area contributed by atoms with Gasteiger partial charge in [0.25, 0.3) is 0 Å². The third-order valence-electron chi connectivity index (χ3n) is 8.46. The molecule has 0 aliphatic carbocycles. The lowest BCUT2D eigenvalue weighted by Gasteiger charge is -2.34. The molecule has 2 aromatic rings. The van der Waals surface area contributed by atoms with E-state index in [2.05, 4.69) is 5.32 Å². The van der Waals surface area contributed by atoms with Crippen LogP contribution in [0.5, 0.6) is 0 Å². The van der Waals surface area contributed by atoms with Crippen molar-refractivity contribution in [2.75, 3.05) is 58.0 Å². The van der Waals surface area contributed by atoms with Crippen LogP contribution in [0.1, 0.15) is 62.2 Å². The molecule has 2 saturated heterocycles. The number of nitrogens with one attached hydrogen (secondary N) is 1. The van der Waals surface area contributed by atoms with E-state index >= 15 is 8.78 Å². The van der Waals surface area contributed by atoms with Gasteiger partial charge in [-0.3, -0.25) is 4.79 Å². The van der Waals surface area contributed by atoms with Crippen LogP contribution >= 0.6 is 0 Å². The Morgan fingerprint density at radius 1 is 1.10 bits per heavy atom. The van der Waals surface area contributed by atoms with E-state index in [1.54, 1.807) is 11.8 Å². The minimum absolute atomic E-state index is 0.0675. The van der Waals surface area contributed by atoms with Crippen molar-refractivity contribution in [3.63, 3.8) is 0 Å². The summed E-state index contributed by atoms with van der Waals surface area (Å²) in [4.78, 5) is 26.3. The zero-order chi connectivity index (χ0) is 29.4. The maximum absolute atomic E-state index is 16.1. The van der Waals surface area contributed by atoms with Crippen LogP contribution < -0.4 is 15.6 Å². The minimum Gasteiger partial charge on any atom is -0.477 e. The fourth-order valence-corrected chi connectivity index (χ4v) is 6.01. The van der Waals surface area contributed by atoms with Gasteiger partial charge in [0.15, 0.2) is 12.1 Å². The number of pyridine rings is 1. The average molecular weight is 580 g/mol. The fourth-order valence-electron chi connectivity index (χ4n) is 6.01. The smallest absolute Gasteiger partial charge is 0.341 e. The summed E-state index contributed by atoms with van der Waals surface area (Å²) in [6.45, 7) is 5.70. The molecule has 228 valence electrons. The molecule has 1 atom stereocenters. The van der Waals surface area contributed by atoms with Crippen molar-refractivity contribution in [2.24, 2.45) is 11.8 Å². The summed E-state index contributed by atoms with van der Waals surface area (Å²) < 4.78 is 48.7. The quantitative estimate of drug-likeness (QED) is 0.251. The normalized spacial score (nSPS) is 17.8. The molecule has 0 saturated carbocycles. The number of rotatable bonds is 14. The number of carboxylic acid groups (broad SMARTS) is 1. The molecule has 0 bridgehead atoms. The largest absolute Gasteiger partial charge is 0.477 e. The van der Waals surface area contributed by atoms with Gasteiger partial charge in [0, 0.05) is 32.9 Å². The number of aromatic carboxylic acids is 1. The van der Waals surface area contributed by atoms with Crippen LogP contribution in [0.15, 0.2) is 17.1 Å². The zero-order valence-electron chi connectivity index (χ0n) is 24.1. The molecule has 2 fully saturated rings. The molecule has 0 radical (unpaired) electrons. The number of hydrogen-bond acceptors (Lipinski definition) is 7. The number of methoxy groups -OCH3 is 1. The molecule has 2 aliphatic heterocycles. The summed E-state index contributed by atoms with van der Waals surface area (Å²) in [5, 5.41) is 12.7. The number of nitrogens with zero attached hydrogens (tertiary/aromatic N) is 2. The van der Waals surface area contributed by atoms with Gasteiger partial charge >= 0.3 is 5.97 Å². The average Bonchev–Trinajstić information content (AvgIpc) is 2.97. The fraction of sp³-hybridized carbons (Fsp3) is 0.667. The number of halogens is 2. The van der Waals surface area contributed by atoms with E-state index in [1.807, 2.05) is 0 Å². The Hall–Kier alpha value is -2.60. The van der Waals surface area contributed by atoms with Crippen molar-refractivity contribution < 1.29 is 32.9 Å². The highest BCUT2D eigenvalue weighted by Crippen LogP contribution is 2.34. The van der Waals surface area contributed by atoms with Gasteiger partial charge in [-0.05, 0) is 63.6 Å². The number of fused-ring (bicyclic) bond motifs is 1. The van der Waals surface area contributed by atoms with Gasteiger partial charge in [-0.1, -0.05) is 19.3 Å². The number of carboxylic acids is 1. The van der Waals surface area contributed by atoms with Gasteiger partial charge in [0.2, 0.25) is 5.43 Å². The molecule has 0 spiro atoms. The van der Waals surface area contributed by atoms with Crippen molar-refractivity contribution in [3.05, 3.63) is 39.7 Å². The lowest BCUT2D eigenvalue weighted by Crippen LogP contribution is -2.35. The van der Waals surface area contributed by atoms with E-state index < -0.39 is 28.6 Å². The molecule has 2 aliphatic rings. The number of hydrogen-bond donors (Lipinski definition) is 2. The van der Waals surface area contributed by atoms with Crippen LogP contribution in [0.4, 0.5) is 14.5 Å². The molecule has 41 heavy (non-hydrogen) atoms. The lowest BCUT2D eigenvalue weighted by atomic mass is 9.87. The first-order chi connectivity index (χ1) is 19.8. The van der Waals surface area contributed by atoms with Gasteiger partial charge in [-0.15, -0.1) is 0 Å². The molecule has 1 unspecified atom stereocenters. The molecule has 0 amide bonds. The third kappa shape index (κ3) is 8.03. The summed E-state index contributed by atoms with van der Waals surface area (Å²) in [6, 6.07) is 0.977. The number of anilines is 1. The highest BCUT2D eigenvalue weighted by molar-refractivity contribution is 5.93. The number of piperidine rings is 2. The maximum Gasteiger partial charge on any atom is 0.341 e. The van der Waals surface area contributed by atoms with Crippen molar-refractivity contribution in [2.45, 2.75) is 64.7 Å². The highest BCUT2D eigenvalue weighted by Gasteiger charge is 2.28. The van der Waals surface area contributed by atoms with E-state index in [-0.39, 0.29) is 49.2 Å². The van der Waals surface area contributed by atoms with E-state index in [0.717, 1.165) is 50.5 Å². The highest BCUT2D eigenvalue weighted by atomic mass is 19.1. The first-order valence-corrected chi connectivity index (χ1v) is 14.8. The van der Waals surface area contributed by atoms with E-state index in [9.17, 15) is 14.7 Å². The summed E-state index contributed by atoms with van der Waals surface area (Å²) in [7, 11) is 1.53. The predicted octanol–water partition coefficient (Wildman–Crippen LogP) is 4.39. The second-order valence-electron chi connectivity index (χ2n) is 11.1. The standard InChI is InChI=1S/C30H43F2N3O6/c1-20(39-2)41-17-16-40-15-14-35-19-24(30(37)38)29(36)23-18-25(31)28(26(32)27(23)35)34-12-8-22(9-13-34)5-3-4-21-6-10-33-11-7-21/h18-22,33H,3-17H2,1-2H3,(H,37,38). The summed E-state index contributed by atoms with van der Waals surface area (Å²) >= 11 is 0. The number of benzene rings is 1. The summed E-state index contributed by atoms with van der Waals surface area (Å²) in [5.74, 6) is -1.83. The SMILES string of the molecule is COC(C)OCCOCCn1cc(C(=O)O)c(=O)c2cc(F)c(N3CCC(CCCC4CCNCC4)CC3)c(F)c21. The van der Waals surface area contributed by atoms with Gasteiger partial charge < -0.3 is 34.1 Å².